The van der Waals surface area contributed by atoms with Crippen LogP contribution in [0.15, 0.2) is 48.0 Å². The average molecular weight is 442 g/mol. The van der Waals surface area contributed by atoms with Crippen LogP contribution in [0.5, 0.6) is 0 Å². The molecule has 23 heavy (non-hydrogen) atoms. The van der Waals surface area contributed by atoms with E-state index in [2.05, 4.69) is 22.6 Å². The lowest BCUT2D eigenvalue weighted by atomic mass is 9.99. The summed E-state index contributed by atoms with van der Waals surface area (Å²) < 4.78 is 0.963. The Hall–Kier alpha value is -1.73. The number of benzene rings is 2. The van der Waals surface area contributed by atoms with Gasteiger partial charge >= 0.3 is 5.97 Å². The van der Waals surface area contributed by atoms with E-state index in [1.165, 1.54) is 0 Å². The molecule has 2 aromatic carbocycles. The summed E-state index contributed by atoms with van der Waals surface area (Å²) in [6, 6.07) is 12.9. The van der Waals surface area contributed by atoms with Gasteiger partial charge in [0.05, 0.1) is 17.8 Å². The molecule has 1 aliphatic rings. The van der Waals surface area contributed by atoms with E-state index in [4.69, 9.17) is 11.6 Å². The Balaban J connectivity index is 2.05. The summed E-state index contributed by atoms with van der Waals surface area (Å²) in [5.74, 6) is -1.26. The third-order valence-electron chi connectivity index (χ3n) is 3.74. The number of carboxylic acids is 1. The Kier molecular flexibility index (Phi) is 4.50. The number of anilines is 1. The van der Waals surface area contributed by atoms with Crippen molar-refractivity contribution in [3.8, 4) is 0 Å². The molecule has 118 valence electrons. The van der Waals surface area contributed by atoms with Gasteiger partial charge in [0.2, 0.25) is 0 Å². The number of aliphatic carboxylic acids is 1. The lowest BCUT2D eigenvalue weighted by Crippen LogP contribution is -2.33. The van der Waals surface area contributed by atoms with Gasteiger partial charge in [-0.05, 0) is 52.4 Å². The van der Waals surface area contributed by atoms with Crippen molar-refractivity contribution in [2.75, 3.05) is 11.4 Å². The van der Waals surface area contributed by atoms with Crippen LogP contribution in [0.3, 0.4) is 0 Å². The molecule has 0 aliphatic carbocycles. The Morgan fingerprint density at radius 3 is 2.57 bits per heavy atom. The molecule has 0 saturated carbocycles. The van der Waals surface area contributed by atoms with Crippen LogP contribution in [-0.2, 0) is 11.3 Å². The summed E-state index contributed by atoms with van der Waals surface area (Å²) in [5, 5.41) is 20.3. The highest BCUT2D eigenvalue weighted by Crippen LogP contribution is 2.37. The van der Waals surface area contributed by atoms with Gasteiger partial charge in [-0.1, -0.05) is 29.8 Å². The number of fused-ring (bicyclic) bond motifs is 1. The minimum atomic E-state index is -1.10. The van der Waals surface area contributed by atoms with E-state index in [0.29, 0.717) is 17.1 Å². The molecule has 0 atom stereocenters. The smallest absolute Gasteiger partial charge is 0.337 e. The predicted molar refractivity (Wildman–Crippen MR) is 98.8 cm³/mol. The van der Waals surface area contributed by atoms with Gasteiger partial charge in [0, 0.05) is 20.7 Å². The Morgan fingerprint density at radius 2 is 1.91 bits per heavy atom. The largest absolute Gasteiger partial charge is 0.507 e. The molecule has 1 aliphatic heterocycles. The second-order valence-electron chi connectivity index (χ2n) is 5.25. The number of hydrogen-bond acceptors (Lipinski definition) is 3. The van der Waals surface area contributed by atoms with E-state index < -0.39 is 5.97 Å². The number of carboxylic acid groups (broad SMARTS) is 1. The van der Waals surface area contributed by atoms with Crippen LogP contribution >= 0.6 is 34.2 Å². The first-order valence-electron chi connectivity index (χ1n) is 6.91. The van der Waals surface area contributed by atoms with Crippen LogP contribution in [0, 0.1) is 3.57 Å². The first-order chi connectivity index (χ1) is 11.0. The standard InChI is InChI=1S/C17H13ClINO3/c18-11-6-4-10(5-7-11)8-20-9-13(17(22)23)16(21)12-2-1-3-14(19)15(12)20/h1-7,21H,8-9H2,(H,22,23). The average Bonchev–Trinajstić information content (AvgIpc) is 2.52. The van der Waals surface area contributed by atoms with Crippen molar-refractivity contribution in [3.63, 3.8) is 0 Å². The normalized spacial score (nSPS) is 13.9. The molecule has 1 heterocycles. The van der Waals surface area contributed by atoms with Crippen molar-refractivity contribution in [1.82, 2.24) is 0 Å². The summed E-state index contributed by atoms with van der Waals surface area (Å²) in [6.45, 7) is 0.686. The van der Waals surface area contributed by atoms with Crippen LogP contribution in [0.25, 0.3) is 5.76 Å². The molecule has 2 N–H and O–H groups in total. The zero-order valence-corrected chi connectivity index (χ0v) is 14.9. The highest BCUT2D eigenvalue weighted by Gasteiger charge is 2.29. The molecular weight excluding hydrogens is 429 g/mol. The van der Waals surface area contributed by atoms with Gasteiger partial charge in [0.1, 0.15) is 5.76 Å². The van der Waals surface area contributed by atoms with Gasteiger partial charge in [-0.2, -0.15) is 0 Å². The second-order valence-corrected chi connectivity index (χ2v) is 6.85. The van der Waals surface area contributed by atoms with E-state index in [9.17, 15) is 15.0 Å². The van der Waals surface area contributed by atoms with Crippen molar-refractivity contribution >= 4 is 51.6 Å². The summed E-state index contributed by atoms with van der Waals surface area (Å²) in [5.41, 5.74) is 2.43. The van der Waals surface area contributed by atoms with Crippen LogP contribution in [0.4, 0.5) is 5.69 Å². The Labute approximate surface area is 152 Å². The summed E-state index contributed by atoms with van der Waals surface area (Å²) in [7, 11) is 0. The second kappa shape index (κ2) is 6.41. The van der Waals surface area contributed by atoms with Crippen LogP contribution in [0.1, 0.15) is 11.1 Å². The van der Waals surface area contributed by atoms with Gasteiger partial charge in [-0.25, -0.2) is 4.79 Å². The molecule has 0 saturated heterocycles. The minimum absolute atomic E-state index is 0.00784. The number of para-hydroxylation sites is 1. The molecule has 0 bridgehead atoms. The van der Waals surface area contributed by atoms with Gasteiger partial charge in [-0.15, -0.1) is 0 Å². The van der Waals surface area contributed by atoms with Crippen molar-refractivity contribution < 1.29 is 15.0 Å². The number of halogens is 2. The number of aliphatic hydroxyl groups is 1. The number of carbonyl (C=O) groups is 1. The number of hydrogen-bond donors (Lipinski definition) is 2. The van der Waals surface area contributed by atoms with E-state index >= 15 is 0 Å². The fraction of sp³-hybridized carbons (Fsp3) is 0.118. The third-order valence-corrected chi connectivity index (χ3v) is 4.86. The topological polar surface area (TPSA) is 60.8 Å². The number of nitrogens with zero attached hydrogens (tertiary/aromatic N) is 1. The SMILES string of the molecule is O=C(O)C1=C(O)c2cccc(I)c2N(Cc2ccc(Cl)cc2)C1. The lowest BCUT2D eigenvalue weighted by Gasteiger charge is -2.32. The first-order valence-corrected chi connectivity index (χ1v) is 8.36. The van der Waals surface area contributed by atoms with E-state index in [1.807, 2.05) is 41.3 Å². The van der Waals surface area contributed by atoms with Crippen molar-refractivity contribution in [1.29, 1.82) is 0 Å². The fourth-order valence-corrected chi connectivity index (χ4v) is 3.61. The van der Waals surface area contributed by atoms with Crippen molar-refractivity contribution in [3.05, 3.63) is 67.8 Å². The zero-order chi connectivity index (χ0) is 16.6. The van der Waals surface area contributed by atoms with Crippen LogP contribution in [0.2, 0.25) is 5.02 Å². The van der Waals surface area contributed by atoms with Gasteiger partial charge in [0.15, 0.2) is 0 Å². The maximum absolute atomic E-state index is 11.4. The Morgan fingerprint density at radius 1 is 1.22 bits per heavy atom. The molecule has 6 heteroatoms. The zero-order valence-electron chi connectivity index (χ0n) is 12.0. The van der Waals surface area contributed by atoms with E-state index in [-0.39, 0.29) is 17.9 Å². The van der Waals surface area contributed by atoms with Gasteiger partial charge in [0.25, 0.3) is 0 Å². The molecule has 4 nitrogen and oxygen atoms in total. The van der Waals surface area contributed by atoms with E-state index in [1.54, 1.807) is 6.07 Å². The van der Waals surface area contributed by atoms with Gasteiger partial charge < -0.3 is 15.1 Å². The van der Waals surface area contributed by atoms with Crippen molar-refractivity contribution in [2.24, 2.45) is 0 Å². The molecule has 0 radical (unpaired) electrons. The maximum atomic E-state index is 11.4. The van der Waals surface area contributed by atoms with E-state index in [0.717, 1.165) is 14.8 Å². The minimum Gasteiger partial charge on any atom is -0.507 e. The third kappa shape index (κ3) is 3.16. The summed E-state index contributed by atoms with van der Waals surface area (Å²) in [6.07, 6.45) is 0. The van der Waals surface area contributed by atoms with Crippen LogP contribution in [-0.4, -0.2) is 22.7 Å². The fourth-order valence-electron chi connectivity index (χ4n) is 2.65. The van der Waals surface area contributed by atoms with Crippen LogP contribution < -0.4 is 4.90 Å². The highest BCUT2D eigenvalue weighted by molar-refractivity contribution is 14.1. The summed E-state index contributed by atoms with van der Waals surface area (Å²) in [4.78, 5) is 13.4. The molecule has 0 fully saturated rings. The molecular formula is C17H13ClINO3. The Bertz CT molecular complexity index is 802. The summed E-state index contributed by atoms with van der Waals surface area (Å²) >= 11 is 8.11. The monoisotopic (exact) mass is 441 g/mol. The molecule has 0 spiro atoms. The number of aliphatic hydroxyl groups excluding tert-OH is 1. The highest BCUT2D eigenvalue weighted by atomic mass is 127. The predicted octanol–water partition coefficient (Wildman–Crippen LogP) is 4.32. The molecule has 3 rings (SSSR count). The molecule has 2 aromatic rings. The first kappa shape index (κ1) is 16.1. The quantitative estimate of drug-likeness (QED) is 0.697. The molecule has 0 amide bonds. The maximum Gasteiger partial charge on any atom is 0.337 e. The number of rotatable bonds is 3. The van der Waals surface area contributed by atoms with Crippen molar-refractivity contribution in [2.45, 2.75) is 6.54 Å². The lowest BCUT2D eigenvalue weighted by molar-refractivity contribution is -0.132. The molecule has 0 aromatic heterocycles. The molecule has 0 unspecified atom stereocenters. The van der Waals surface area contributed by atoms with Gasteiger partial charge in [-0.3, -0.25) is 0 Å².